The van der Waals surface area contributed by atoms with Crippen molar-refractivity contribution in [2.75, 3.05) is 6.61 Å². The summed E-state index contributed by atoms with van der Waals surface area (Å²) in [6, 6.07) is 6.04. The molecule has 1 aromatic heterocycles. The van der Waals surface area contributed by atoms with E-state index in [9.17, 15) is 9.18 Å². The zero-order chi connectivity index (χ0) is 13.0. The van der Waals surface area contributed by atoms with E-state index in [1.54, 1.807) is 19.1 Å². The maximum absolute atomic E-state index is 13.0. The van der Waals surface area contributed by atoms with E-state index in [0.29, 0.717) is 5.56 Å². The highest BCUT2D eigenvalue weighted by molar-refractivity contribution is 5.83. The quantitative estimate of drug-likeness (QED) is 0.776. The number of benzene rings is 1. The summed E-state index contributed by atoms with van der Waals surface area (Å²) in [7, 11) is 0. The molecule has 0 bridgehead atoms. The molecular weight excluding hydrogens is 239 g/mol. The van der Waals surface area contributed by atoms with Crippen molar-refractivity contribution in [1.29, 1.82) is 0 Å². The molecule has 0 saturated heterocycles. The Morgan fingerprint density at radius 2 is 2.28 bits per heavy atom. The fraction of sp³-hybridized carbons (Fsp3) is 0.250. The van der Waals surface area contributed by atoms with Gasteiger partial charge in [-0.25, -0.2) is 9.18 Å². The van der Waals surface area contributed by atoms with Crippen molar-refractivity contribution in [3.8, 4) is 0 Å². The molecular formula is C12H11FN2O3. The molecule has 0 radical (unpaired) electrons. The van der Waals surface area contributed by atoms with Gasteiger partial charge in [0.15, 0.2) is 0 Å². The standard InChI is InChI=1S/C12H11FN2O3/c1-2-17-12(16)11-15-14-10(18-11)7-8-4-3-5-9(13)6-8/h3-6H,2,7H2,1H3. The molecule has 94 valence electrons. The highest BCUT2D eigenvalue weighted by Crippen LogP contribution is 2.10. The summed E-state index contributed by atoms with van der Waals surface area (Å²) in [5.74, 6) is -0.944. The van der Waals surface area contributed by atoms with E-state index in [-0.39, 0.29) is 30.6 Å². The van der Waals surface area contributed by atoms with E-state index in [1.807, 2.05) is 0 Å². The summed E-state index contributed by atoms with van der Waals surface area (Å²) < 4.78 is 22.8. The van der Waals surface area contributed by atoms with Gasteiger partial charge in [-0.15, -0.1) is 10.2 Å². The summed E-state index contributed by atoms with van der Waals surface area (Å²) in [6.45, 7) is 1.92. The molecule has 0 spiro atoms. The Bertz CT molecular complexity index is 554. The maximum atomic E-state index is 13.0. The van der Waals surface area contributed by atoms with Gasteiger partial charge in [0.25, 0.3) is 0 Å². The molecule has 0 atom stereocenters. The van der Waals surface area contributed by atoms with Crippen LogP contribution in [0.15, 0.2) is 28.7 Å². The third-order valence-electron chi connectivity index (χ3n) is 2.16. The Labute approximate surface area is 103 Å². The Hall–Kier alpha value is -2.24. The SMILES string of the molecule is CCOC(=O)c1nnc(Cc2cccc(F)c2)o1. The van der Waals surface area contributed by atoms with Crippen molar-refractivity contribution in [3.63, 3.8) is 0 Å². The highest BCUT2D eigenvalue weighted by atomic mass is 19.1. The van der Waals surface area contributed by atoms with Crippen molar-refractivity contribution in [3.05, 3.63) is 47.4 Å². The van der Waals surface area contributed by atoms with Crippen LogP contribution in [-0.4, -0.2) is 22.8 Å². The van der Waals surface area contributed by atoms with Gasteiger partial charge in [0.2, 0.25) is 5.89 Å². The van der Waals surface area contributed by atoms with Crippen LogP contribution in [0.2, 0.25) is 0 Å². The number of carbonyl (C=O) groups is 1. The first kappa shape index (κ1) is 12.2. The number of rotatable bonds is 4. The first-order valence-electron chi connectivity index (χ1n) is 5.43. The molecule has 0 saturated carbocycles. The molecule has 0 fully saturated rings. The predicted octanol–water partition coefficient (Wildman–Crippen LogP) is 1.98. The molecule has 1 aromatic carbocycles. The minimum atomic E-state index is -0.657. The summed E-state index contributed by atoms with van der Waals surface area (Å²) >= 11 is 0. The molecule has 1 heterocycles. The third kappa shape index (κ3) is 2.91. The molecule has 2 rings (SSSR count). The van der Waals surface area contributed by atoms with E-state index in [2.05, 4.69) is 10.2 Å². The van der Waals surface area contributed by atoms with E-state index >= 15 is 0 Å². The fourth-order valence-electron chi connectivity index (χ4n) is 1.42. The average molecular weight is 250 g/mol. The normalized spacial score (nSPS) is 10.3. The van der Waals surface area contributed by atoms with Crippen LogP contribution in [0.1, 0.15) is 29.1 Å². The number of halogens is 1. The number of nitrogens with zero attached hydrogens (tertiary/aromatic N) is 2. The lowest BCUT2D eigenvalue weighted by atomic mass is 10.1. The summed E-state index contributed by atoms with van der Waals surface area (Å²) in [5, 5.41) is 7.27. The number of ether oxygens (including phenoxy) is 1. The van der Waals surface area contributed by atoms with Gasteiger partial charge in [0.1, 0.15) is 5.82 Å². The highest BCUT2D eigenvalue weighted by Gasteiger charge is 2.15. The minimum Gasteiger partial charge on any atom is -0.459 e. The molecule has 6 heteroatoms. The molecule has 18 heavy (non-hydrogen) atoms. The molecule has 5 nitrogen and oxygen atoms in total. The van der Waals surface area contributed by atoms with Crippen LogP contribution in [-0.2, 0) is 11.2 Å². The van der Waals surface area contributed by atoms with Gasteiger partial charge in [0, 0.05) is 0 Å². The van der Waals surface area contributed by atoms with Crippen LogP contribution in [0.3, 0.4) is 0 Å². The van der Waals surface area contributed by atoms with Crippen molar-refractivity contribution in [2.24, 2.45) is 0 Å². The van der Waals surface area contributed by atoms with Crippen LogP contribution in [0.4, 0.5) is 4.39 Å². The topological polar surface area (TPSA) is 65.2 Å². The Balaban J connectivity index is 2.09. The fourth-order valence-corrected chi connectivity index (χ4v) is 1.42. The van der Waals surface area contributed by atoms with Crippen molar-refractivity contribution < 1.29 is 18.3 Å². The second-order valence-corrected chi connectivity index (χ2v) is 3.53. The molecule has 0 amide bonds. The van der Waals surface area contributed by atoms with E-state index in [1.165, 1.54) is 12.1 Å². The van der Waals surface area contributed by atoms with Crippen molar-refractivity contribution in [1.82, 2.24) is 10.2 Å². The van der Waals surface area contributed by atoms with Gasteiger partial charge in [-0.2, -0.15) is 0 Å². The molecule has 0 aliphatic heterocycles. The van der Waals surface area contributed by atoms with Crippen LogP contribution < -0.4 is 0 Å². The largest absolute Gasteiger partial charge is 0.459 e. The van der Waals surface area contributed by atoms with Crippen LogP contribution in [0.25, 0.3) is 0 Å². The molecule has 2 aromatic rings. The van der Waals surface area contributed by atoms with Crippen LogP contribution in [0.5, 0.6) is 0 Å². The maximum Gasteiger partial charge on any atom is 0.396 e. The molecule has 0 unspecified atom stereocenters. The molecule has 0 aliphatic rings. The van der Waals surface area contributed by atoms with Gasteiger partial charge in [0.05, 0.1) is 13.0 Å². The molecule has 0 aliphatic carbocycles. The number of aromatic nitrogens is 2. The third-order valence-corrected chi connectivity index (χ3v) is 2.16. The zero-order valence-electron chi connectivity index (χ0n) is 9.72. The van der Waals surface area contributed by atoms with Gasteiger partial charge < -0.3 is 9.15 Å². The zero-order valence-corrected chi connectivity index (χ0v) is 9.72. The lowest BCUT2D eigenvalue weighted by Gasteiger charge is -1.97. The predicted molar refractivity (Wildman–Crippen MR) is 59.5 cm³/mol. The van der Waals surface area contributed by atoms with Gasteiger partial charge >= 0.3 is 11.9 Å². The Morgan fingerprint density at radius 1 is 1.44 bits per heavy atom. The van der Waals surface area contributed by atoms with Crippen molar-refractivity contribution in [2.45, 2.75) is 13.3 Å². The number of hydrogen-bond donors (Lipinski definition) is 0. The van der Waals surface area contributed by atoms with Crippen molar-refractivity contribution >= 4 is 5.97 Å². The minimum absolute atomic E-state index is 0.191. The second-order valence-electron chi connectivity index (χ2n) is 3.53. The summed E-state index contributed by atoms with van der Waals surface area (Å²) in [6.07, 6.45) is 0.268. The summed E-state index contributed by atoms with van der Waals surface area (Å²) in [4.78, 5) is 11.3. The second kappa shape index (κ2) is 5.39. The average Bonchev–Trinajstić information content (AvgIpc) is 2.78. The van der Waals surface area contributed by atoms with Gasteiger partial charge in [-0.1, -0.05) is 12.1 Å². The first-order chi connectivity index (χ1) is 8.69. The van der Waals surface area contributed by atoms with Crippen LogP contribution >= 0.6 is 0 Å². The first-order valence-corrected chi connectivity index (χ1v) is 5.43. The monoisotopic (exact) mass is 250 g/mol. The number of carbonyl (C=O) groups excluding carboxylic acids is 1. The van der Waals surface area contributed by atoms with E-state index < -0.39 is 5.97 Å². The molecule has 0 N–H and O–H groups in total. The lowest BCUT2D eigenvalue weighted by Crippen LogP contribution is -2.04. The lowest BCUT2D eigenvalue weighted by molar-refractivity contribution is 0.0479. The Kier molecular flexibility index (Phi) is 3.66. The smallest absolute Gasteiger partial charge is 0.396 e. The van der Waals surface area contributed by atoms with Crippen LogP contribution in [0, 0.1) is 5.82 Å². The number of hydrogen-bond acceptors (Lipinski definition) is 5. The summed E-state index contributed by atoms with van der Waals surface area (Å²) in [5.41, 5.74) is 0.689. The van der Waals surface area contributed by atoms with E-state index in [4.69, 9.17) is 9.15 Å². The Morgan fingerprint density at radius 3 is 3.00 bits per heavy atom. The van der Waals surface area contributed by atoms with E-state index in [0.717, 1.165) is 0 Å². The van der Waals surface area contributed by atoms with Gasteiger partial charge in [-0.3, -0.25) is 0 Å². The number of esters is 1. The van der Waals surface area contributed by atoms with Gasteiger partial charge in [-0.05, 0) is 24.6 Å².